The highest BCUT2D eigenvalue weighted by Crippen LogP contribution is 2.33. The minimum absolute atomic E-state index is 0.0535. The van der Waals surface area contributed by atoms with E-state index in [2.05, 4.69) is 0 Å². The Bertz CT molecular complexity index is 1050. The van der Waals surface area contributed by atoms with Crippen LogP contribution in [0.5, 0.6) is 0 Å². The molecule has 0 unspecified atom stereocenters. The van der Waals surface area contributed by atoms with E-state index in [4.69, 9.17) is 11.6 Å². The smallest absolute Gasteiger partial charge is 0.320 e. The number of nitrogens with zero attached hydrogens (tertiary/aromatic N) is 2. The maximum absolute atomic E-state index is 12.6. The van der Waals surface area contributed by atoms with Gasteiger partial charge in [-0.05, 0) is 29.7 Å². The van der Waals surface area contributed by atoms with Crippen LogP contribution in [0.1, 0.15) is 17.9 Å². The first kappa shape index (κ1) is 21.2. The van der Waals surface area contributed by atoms with Gasteiger partial charge in [-0.25, -0.2) is 13.2 Å². The Hall–Kier alpha value is -2.09. The lowest BCUT2D eigenvalue weighted by Crippen LogP contribution is -2.53. The standard InChI is InChI=1S/C22H25ClN2O4S/c1-30(28,29)21-10-19(23)6-7-20(21)17-4-2-16(3-5-17)18-12-25(13-18)22(27)24-9-8-15(11-24)14-26/h2-7,10,15,18,26H,8-9,11-14H2,1H3/t15-/m0/s1. The number of aliphatic hydroxyl groups excluding tert-OH is 1. The number of sulfone groups is 1. The van der Waals surface area contributed by atoms with Crippen LogP contribution in [0.4, 0.5) is 4.79 Å². The summed E-state index contributed by atoms with van der Waals surface area (Å²) in [6, 6.07) is 12.8. The van der Waals surface area contributed by atoms with Crippen LogP contribution in [-0.2, 0) is 9.84 Å². The van der Waals surface area contributed by atoms with Gasteiger partial charge in [-0.3, -0.25) is 0 Å². The topological polar surface area (TPSA) is 77.9 Å². The van der Waals surface area contributed by atoms with Gasteiger partial charge in [0.2, 0.25) is 0 Å². The quantitative estimate of drug-likeness (QED) is 0.778. The molecule has 2 saturated heterocycles. The van der Waals surface area contributed by atoms with E-state index in [0.29, 0.717) is 36.8 Å². The molecule has 6 nitrogen and oxygen atoms in total. The van der Waals surface area contributed by atoms with Gasteiger partial charge in [-0.1, -0.05) is 41.9 Å². The van der Waals surface area contributed by atoms with E-state index in [9.17, 15) is 18.3 Å². The van der Waals surface area contributed by atoms with Crippen molar-refractivity contribution in [1.29, 1.82) is 0 Å². The predicted octanol–water partition coefficient (Wildman–Crippen LogP) is 3.24. The molecule has 1 N–H and O–H groups in total. The Kier molecular flexibility index (Phi) is 5.79. The fraction of sp³-hybridized carbons (Fsp3) is 0.409. The van der Waals surface area contributed by atoms with E-state index in [-0.39, 0.29) is 29.4 Å². The van der Waals surface area contributed by atoms with Crippen LogP contribution >= 0.6 is 11.6 Å². The zero-order valence-electron chi connectivity index (χ0n) is 16.8. The van der Waals surface area contributed by atoms with Crippen LogP contribution in [0.2, 0.25) is 5.02 Å². The second kappa shape index (κ2) is 8.21. The van der Waals surface area contributed by atoms with Crippen molar-refractivity contribution in [2.75, 3.05) is 39.0 Å². The van der Waals surface area contributed by atoms with E-state index in [1.807, 2.05) is 34.1 Å². The first-order valence-corrected chi connectivity index (χ1v) is 12.3. The summed E-state index contributed by atoms with van der Waals surface area (Å²) in [6.07, 6.45) is 2.04. The largest absolute Gasteiger partial charge is 0.396 e. The van der Waals surface area contributed by atoms with Gasteiger partial charge in [-0.2, -0.15) is 0 Å². The van der Waals surface area contributed by atoms with Crippen molar-refractivity contribution in [2.24, 2.45) is 5.92 Å². The molecule has 30 heavy (non-hydrogen) atoms. The molecule has 2 amide bonds. The molecule has 2 aliphatic rings. The molecule has 0 aliphatic carbocycles. The number of benzene rings is 2. The van der Waals surface area contributed by atoms with Gasteiger partial charge in [0, 0.05) is 61.5 Å². The lowest BCUT2D eigenvalue weighted by molar-refractivity contribution is 0.118. The summed E-state index contributed by atoms with van der Waals surface area (Å²) in [5.74, 6) is 0.474. The Balaban J connectivity index is 1.43. The van der Waals surface area contributed by atoms with Crippen molar-refractivity contribution in [3.05, 3.63) is 53.1 Å². The van der Waals surface area contributed by atoms with Crippen LogP contribution in [0.25, 0.3) is 11.1 Å². The fourth-order valence-corrected chi connectivity index (χ4v) is 5.34. The molecule has 0 radical (unpaired) electrons. The van der Waals surface area contributed by atoms with Crippen molar-refractivity contribution in [3.8, 4) is 11.1 Å². The predicted molar refractivity (Wildman–Crippen MR) is 116 cm³/mol. The Morgan fingerprint density at radius 2 is 1.80 bits per heavy atom. The third-order valence-corrected chi connectivity index (χ3v) is 7.37. The van der Waals surface area contributed by atoms with Crippen LogP contribution in [0.15, 0.2) is 47.4 Å². The first-order valence-electron chi connectivity index (χ1n) is 10.0. The molecule has 0 saturated carbocycles. The average Bonchev–Trinajstić information content (AvgIpc) is 3.16. The molecule has 1 atom stereocenters. The van der Waals surface area contributed by atoms with Crippen LogP contribution < -0.4 is 0 Å². The molecule has 2 aromatic carbocycles. The van der Waals surface area contributed by atoms with Gasteiger partial charge in [0.1, 0.15) is 0 Å². The molecule has 4 rings (SSSR count). The highest BCUT2D eigenvalue weighted by Gasteiger charge is 2.36. The Morgan fingerprint density at radius 1 is 1.10 bits per heavy atom. The molecule has 2 aromatic rings. The molecule has 2 heterocycles. The zero-order chi connectivity index (χ0) is 21.5. The summed E-state index contributed by atoms with van der Waals surface area (Å²) in [7, 11) is -3.40. The van der Waals surface area contributed by atoms with Crippen LogP contribution in [-0.4, -0.2) is 68.4 Å². The number of aliphatic hydroxyl groups is 1. The number of hydrogen-bond donors (Lipinski definition) is 1. The first-order chi connectivity index (χ1) is 14.3. The van der Waals surface area contributed by atoms with Gasteiger partial charge in [0.15, 0.2) is 9.84 Å². The Morgan fingerprint density at radius 3 is 2.40 bits per heavy atom. The summed E-state index contributed by atoms with van der Waals surface area (Å²) >= 11 is 5.99. The molecule has 8 heteroatoms. The lowest BCUT2D eigenvalue weighted by atomic mass is 9.90. The summed E-state index contributed by atoms with van der Waals surface area (Å²) in [5.41, 5.74) is 2.58. The van der Waals surface area contributed by atoms with Crippen LogP contribution in [0.3, 0.4) is 0 Å². The number of carbonyl (C=O) groups excluding carboxylic acids is 1. The normalized spacial score (nSPS) is 19.8. The van der Waals surface area contributed by atoms with Crippen LogP contribution in [0, 0.1) is 5.92 Å². The molecular formula is C22H25ClN2O4S. The van der Waals surface area contributed by atoms with Crippen molar-refractivity contribution < 1.29 is 18.3 Å². The number of urea groups is 1. The molecule has 2 fully saturated rings. The number of carbonyl (C=O) groups is 1. The maximum atomic E-state index is 12.6. The maximum Gasteiger partial charge on any atom is 0.320 e. The van der Waals surface area contributed by atoms with Crippen molar-refractivity contribution in [3.63, 3.8) is 0 Å². The second-order valence-electron chi connectivity index (χ2n) is 8.20. The minimum atomic E-state index is -3.40. The third-order valence-electron chi connectivity index (χ3n) is 6.00. The molecular weight excluding hydrogens is 424 g/mol. The van der Waals surface area contributed by atoms with E-state index >= 15 is 0 Å². The Labute approximate surface area is 182 Å². The number of halogens is 1. The lowest BCUT2D eigenvalue weighted by Gasteiger charge is -2.41. The summed E-state index contributed by atoms with van der Waals surface area (Å²) < 4.78 is 24.3. The molecule has 0 spiro atoms. The van der Waals surface area contributed by atoms with E-state index in [1.165, 1.54) is 12.3 Å². The van der Waals surface area contributed by atoms with Crippen molar-refractivity contribution in [2.45, 2.75) is 17.2 Å². The molecule has 0 aromatic heterocycles. The van der Waals surface area contributed by atoms with Gasteiger partial charge >= 0.3 is 6.03 Å². The van der Waals surface area contributed by atoms with Gasteiger partial charge in [-0.15, -0.1) is 0 Å². The zero-order valence-corrected chi connectivity index (χ0v) is 18.4. The fourth-order valence-electron chi connectivity index (χ4n) is 4.18. The van der Waals surface area contributed by atoms with E-state index in [1.54, 1.807) is 12.1 Å². The van der Waals surface area contributed by atoms with Crippen molar-refractivity contribution in [1.82, 2.24) is 9.80 Å². The number of likely N-dealkylation sites (tertiary alicyclic amines) is 2. The molecule has 160 valence electrons. The van der Waals surface area contributed by atoms with Gasteiger partial charge in [0.05, 0.1) is 4.90 Å². The molecule has 0 bridgehead atoms. The van der Waals surface area contributed by atoms with Gasteiger partial charge in [0.25, 0.3) is 0 Å². The summed E-state index contributed by atoms with van der Waals surface area (Å²) in [6.45, 7) is 2.83. The van der Waals surface area contributed by atoms with Gasteiger partial charge < -0.3 is 14.9 Å². The number of amides is 2. The number of hydrogen-bond acceptors (Lipinski definition) is 4. The minimum Gasteiger partial charge on any atom is -0.396 e. The van der Waals surface area contributed by atoms with E-state index < -0.39 is 9.84 Å². The third kappa shape index (κ3) is 4.19. The summed E-state index contributed by atoms with van der Waals surface area (Å²) in [4.78, 5) is 16.5. The highest BCUT2D eigenvalue weighted by atomic mass is 35.5. The number of rotatable bonds is 4. The SMILES string of the molecule is CS(=O)(=O)c1cc(Cl)ccc1-c1ccc(C2CN(C(=O)N3CC[C@H](CO)C3)C2)cc1. The highest BCUT2D eigenvalue weighted by molar-refractivity contribution is 7.90. The summed E-state index contributed by atoms with van der Waals surface area (Å²) in [5, 5.41) is 9.64. The average molecular weight is 449 g/mol. The van der Waals surface area contributed by atoms with Crippen molar-refractivity contribution >= 4 is 27.5 Å². The molecule has 2 aliphatic heterocycles. The monoisotopic (exact) mass is 448 g/mol. The van der Waals surface area contributed by atoms with E-state index in [0.717, 1.165) is 17.5 Å². The second-order valence-corrected chi connectivity index (χ2v) is 10.6.